The molecule has 46 heavy (non-hydrogen) atoms. The summed E-state index contributed by atoms with van der Waals surface area (Å²) >= 11 is 9.15. The molecule has 0 aliphatic carbocycles. The Kier molecular flexibility index (Phi) is 10.2. The summed E-state index contributed by atoms with van der Waals surface area (Å²) in [6.07, 6.45) is 6.57. The molecule has 1 amide bonds. The summed E-state index contributed by atoms with van der Waals surface area (Å²) in [7, 11) is 2.11. The highest BCUT2D eigenvalue weighted by molar-refractivity contribution is 9.09. The SMILES string of the molecule is Cc1cccc2cccc(N3CCc4c(nc(OCC(=S)[C@@H]5CCCN5C)nc4N4CCN(C(=O)/C=C/CBr)[C@@H](CC#N)C4)C3)c12. The molecule has 0 saturated carbocycles. The number of hydrogen-bond acceptors (Lipinski definition) is 9. The largest absolute Gasteiger partial charge is 0.458 e. The second kappa shape index (κ2) is 14.4. The summed E-state index contributed by atoms with van der Waals surface area (Å²) in [6.45, 7) is 6.57. The van der Waals surface area contributed by atoms with Crippen LogP contribution in [-0.4, -0.2) is 94.3 Å². The van der Waals surface area contributed by atoms with E-state index in [1.54, 1.807) is 12.2 Å². The Morgan fingerprint density at radius 3 is 2.74 bits per heavy atom. The van der Waals surface area contributed by atoms with Gasteiger partial charge in [0.15, 0.2) is 0 Å². The first-order valence-electron chi connectivity index (χ1n) is 16.0. The first-order valence-corrected chi connectivity index (χ1v) is 17.5. The van der Waals surface area contributed by atoms with Gasteiger partial charge in [-0.25, -0.2) is 0 Å². The van der Waals surface area contributed by atoms with E-state index < -0.39 is 0 Å². The molecule has 4 heterocycles. The van der Waals surface area contributed by atoms with Gasteiger partial charge in [-0.05, 0) is 62.9 Å². The molecule has 0 radical (unpaired) electrons. The molecule has 0 unspecified atom stereocenters. The van der Waals surface area contributed by atoms with Crippen molar-refractivity contribution >= 4 is 61.2 Å². The van der Waals surface area contributed by atoms with Gasteiger partial charge < -0.3 is 19.4 Å². The number of likely N-dealkylation sites (tertiary alicyclic amines) is 1. The molecule has 3 aliphatic rings. The number of aromatic nitrogens is 2. The quantitative estimate of drug-likeness (QED) is 0.169. The molecule has 0 N–H and O–H groups in total. The number of piperazine rings is 1. The van der Waals surface area contributed by atoms with Gasteiger partial charge >= 0.3 is 6.01 Å². The van der Waals surface area contributed by atoms with E-state index >= 15 is 0 Å². The van der Waals surface area contributed by atoms with Crippen molar-refractivity contribution in [2.24, 2.45) is 0 Å². The van der Waals surface area contributed by atoms with E-state index in [-0.39, 0.29) is 31.0 Å². The topological polar surface area (TPSA) is 88.8 Å². The lowest BCUT2D eigenvalue weighted by atomic mass is 9.99. The minimum Gasteiger partial charge on any atom is -0.458 e. The maximum Gasteiger partial charge on any atom is 0.319 e. The van der Waals surface area contributed by atoms with Crippen LogP contribution in [0.25, 0.3) is 10.8 Å². The summed E-state index contributed by atoms with van der Waals surface area (Å²) in [4.78, 5) is 32.5. The molecule has 9 nitrogen and oxygen atoms in total. The number of amides is 1. The van der Waals surface area contributed by atoms with Crippen LogP contribution in [0.15, 0.2) is 48.6 Å². The highest BCUT2D eigenvalue weighted by atomic mass is 79.9. The van der Waals surface area contributed by atoms with Crippen LogP contribution in [0.1, 0.15) is 36.1 Å². The van der Waals surface area contributed by atoms with Crippen molar-refractivity contribution in [2.75, 3.05) is 61.5 Å². The van der Waals surface area contributed by atoms with Gasteiger partial charge in [0.25, 0.3) is 0 Å². The number of thiocarbonyl (C=S) groups is 1. The van der Waals surface area contributed by atoms with Gasteiger partial charge in [-0.15, -0.1) is 0 Å². The predicted octanol–water partition coefficient (Wildman–Crippen LogP) is 5.23. The number of alkyl halides is 1. The molecule has 11 heteroatoms. The van der Waals surface area contributed by atoms with Gasteiger partial charge in [0.2, 0.25) is 5.91 Å². The molecule has 6 rings (SSSR count). The zero-order valence-electron chi connectivity index (χ0n) is 26.5. The highest BCUT2D eigenvalue weighted by Crippen LogP contribution is 2.36. The molecular formula is C35H40BrN7O2S. The van der Waals surface area contributed by atoms with Gasteiger partial charge in [0, 0.05) is 59.1 Å². The van der Waals surface area contributed by atoms with Crippen molar-refractivity contribution in [2.45, 2.75) is 51.2 Å². The van der Waals surface area contributed by atoms with Crippen molar-refractivity contribution < 1.29 is 9.53 Å². The molecular weight excluding hydrogens is 662 g/mol. The number of nitriles is 1. The third-order valence-electron chi connectivity index (χ3n) is 9.43. The summed E-state index contributed by atoms with van der Waals surface area (Å²) in [5.74, 6) is 0.767. The first-order chi connectivity index (χ1) is 22.4. The van der Waals surface area contributed by atoms with Crippen LogP contribution in [0.3, 0.4) is 0 Å². The number of hydrogen-bond donors (Lipinski definition) is 0. The number of carbonyl (C=O) groups is 1. The van der Waals surface area contributed by atoms with Crippen LogP contribution in [0.2, 0.25) is 0 Å². The molecule has 2 fully saturated rings. The second-order valence-corrected chi connectivity index (χ2v) is 13.5. The third kappa shape index (κ3) is 6.75. The zero-order valence-corrected chi connectivity index (χ0v) is 28.9. The van der Waals surface area contributed by atoms with E-state index in [0.29, 0.717) is 37.5 Å². The molecule has 2 aromatic carbocycles. The molecule has 3 aromatic rings. The standard InChI is InChI=1S/C35H40BrN7O2S/c1-24-7-3-8-25-9-4-10-30(33(24)25)41-18-14-27-28(22-41)38-35(45-23-31(46)29-11-6-17-40(29)2)39-34(27)42-19-20-43(26(21-42)13-16-37)32(44)12-5-15-36/h3-5,7-10,12,26,29H,6,11,13-15,17-23H2,1-2H3/b12-5+/t26-,29-/m0/s1. The Hall–Kier alpha value is -3.59. The Balaban J connectivity index is 1.32. The Labute approximate surface area is 284 Å². The van der Waals surface area contributed by atoms with E-state index in [4.69, 9.17) is 26.9 Å². The summed E-state index contributed by atoms with van der Waals surface area (Å²) < 4.78 is 6.27. The number of carbonyl (C=O) groups excluding carboxylic acids is 1. The molecule has 2 atom stereocenters. The molecule has 1 aromatic heterocycles. The fourth-order valence-corrected chi connectivity index (χ4v) is 7.64. The number of aryl methyl sites for hydroxylation is 1. The molecule has 0 spiro atoms. The number of halogens is 1. The van der Waals surface area contributed by atoms with Crippen LogP contribution < -0.4 is 14.5 Å². The lowest BCUT2D eigenvalue weighted by molar-refractivity contribution is -0.128. The Bertz CT molecular complexity index is 1690. The molecule has 3 aliphatic heterocycles. The van der Waals surface area contributed by atoms with Crippen molar-refractivity contribution in [1.82, 2.24) is 19.8 Å². The second-order valence-electron chi connectivity index (χ2n) is 12.3. The number of allylic oxidation sites excluding steroid dienone is 1. The summed E-state index contributed by atoms with van der Waals surface area (Å²) in [5.41, 5.74) is 4.50. The number of fused-ring (bicyclic) bond motifs is 2. The lowest BCUT2D eigenvalue weighted by Crippen LogP contribution is -2.55. The van der Waals surface area contributed by atoms with E-state index in [1.165, 1.54) is 22.0 Å². The van der Waals surface area contributed by atoms with Gasteiger partial charge in [0.05, 0.1) is 30.8 Å². The fourth-order valence-electron chi connectivity index (χ4n) is 7.10. The normalized spacial score (nSPS) is 20.3. The number of benzene rings is 2. The fraction of sp³-hybridized carbons (Fsp3) is 0.457. The van der Waals surface area contributed by atoms with Crippen LogP contribution in [-0.2, 0) is 17.8 Å². The van der Waals surface area contributed by atoms with E-state index in [2.05, 4.69) is 87.1 Å². The smallest absolute Gasteiger partial charge is 0.319 e. The molecule has 2 saturated heterocycles. The van der Waals surface area contributed by atoms with Crippen LogP contribution in [0.5, 0.6) is 6.01 Å². The summed E-state index contributed by atoms with van der Waals surface area (Å²) in [6, 6.07) is 15.5. The number of rotatable bonds is 9. The van der Waals surface area contributed by atoms with Crippen molar-refractivity contribution in [1.29, 1.82) is 5.26 Å². The molecule has 0 bridgehead atoms. The maximum atomic E-state index is 13.0. The van der Waals surface area contributed by atoms with Gasteiger partial charge in [0.1, 0.15) is 12.4 Å². The minimum atomic E-state index is -0.245. The monoisotopic (exact) mass is 701 g/mol. The van der Waals surface area contributed by atoms with Crippen molar-refractivity contribution in [3.63, 3.8) is 0 Å². The van der Waals surface area contributed by atoms with Crippen molar-refractivity contribution in [3.8, 4) is 12.1 Å². The maximum absolute atomic E-state index is 13.0. The average Bonchev–Trinajstić information content (AvgIpc) is 3.51. The third-order valence-corrected chi connectivity index (χ3v) is 10.2. The Morgan fingerprint density at radius 2 is 1.98 bits per heavy atom. The van der Waals surface area contributed by atoms with Crippen LogP contribution in [0.4, 0.5) is 11.5 Å². The first kappa shape index (κ1) is 32.4. The van der Waals surface area contributed by atoms with Crippen molar-refractivity contribution in [3.05, 3.63) is 65.4 Å². The number of ether oxygens (including phenoxy) is 1. The average molecular weight is 703 g/mol. The van der Waals surface area contributed by atoms with E-state index in [1.807, 2.05) is 4.90 Å². The Morgan fingerprint density at radius 1 is 1.15 bits per heavy atom. The number of anilines is 2. The molecule has 240 valence electrons. The minimum absolute atomic E-state index is 0.0699. The van der Waals surface area contributed by atoms with Gasteiger partial charge in [-0.3, -0.25) is 9.69 Å². The summed E-state index contributed by atoms with van der Waals surface area (Å²) in [5, 5.41) is 12.7. The van der Waals surface area contributed by atoms with Crippen LogP contribution in [0, 0.1) is 18.3 Å². The van der Waals surface area contributed by atoms with E-state index in [0.717, 1.165) is 54.3 Å². The predicted molar refractivity (Wildman–Crippen MR) is 190 cm³/mol. The van der Waals surface area contributed by atoms with Gasteiger partial charge in [-0.1, -0.05) is 64.6 Å². The van der Waals surface area contributed by atoms with E-state index in [9.17, 15) is 10.1 Å². The number of nitrogens with zero attached hydrogens (tertiary/aromatic N) is 7. The lowest BCUT2D eigenvalue weighted by Gasteiger charge is -2.42. The zero-order chi connectivity index (χ0) is 32.2. The highest BCUT2D eigenvalue weighted by Gasteiger charge is 2.34. The van der Waals surface area contributed by atoms with Gasteiger partial charge in [-0.2, -0.15) is 15.2 Å². The van der Waals surface area contributed by atoms with Crippen LogP contribution >= 0.6 is 28.1 Å².